The van der Waals surface area contributed by atoms with E-state index in [9.17, 15) is 4.79 Å². The van der Waals surface area contributed by atoms with Crippen LogP contribution >= 0.6 is 12.2 Å². The molecule has 0 spiro atoms. The lowest BCUT2D eigenvalue weighted by molar-refractivity contribution is 0.671. The predicted octanol–water partition coefficient (Wildman–Crippen LogP) is 1.81. The molecule has 2 rings (SSSR count). The van der Waals surface area contributed by atoms with Crippen LogP contribution in [-0.2, 0) is 13.1 Å². The second-order valence-corrected chi connectivity index (χ2v) is 4.86. The van der Waals surface area contributed by atoms with E-state index >= 15 is 0 Å². The molecule has 3 N–H and O–H groups in total. The lowest BCUT2D eigenvalue weighted by atomic mass is 10.1. The number of nitrogens with two attached hydrogens (primary N) is 1. The third kappa shape index (κ3) is 2.23. The number of thiocarbonyl (C=S) groups is 1. The third-order valence-electron chi connectivity index (χ3n) is 3.26. The Morgan fingerprint density at radius 2 is 1.79 bits per heavy atom. The van der Waals surface area contributed by atoms with Gasteiger partial charge in [-0.1, -0.05) is 0 Å². The van der Waals surface area contributed by atoms with Crippen molar-refractivity contribution in [2.75, 3.05) is 5.32 Å². The van der Waals surface area contributed by atoms with E-state index in [1.165, 1.54) is 0 Å². The van der Waals surface area contributed by atoms with Crippen molar-refractivity contribution in [3.8, 4) is 0 Å². The number of benzene rings is 1. The fourth-order valence-corrected chi connectivity index (χ4v) is 2.45. The molecule has 0 aliphatic carbocycles. The van der Waals surface area contributed by atoms with E-state index in [1.807, 2.05) is 32.9 Å². The average molecular weight is 278 g/mol. The molecule has 0 saturated carbocycles. The lowest BCUT2D eigenvalue weighted by Crippen LogP contribution is -2.23. The van der Waals surface area contributed by atoms with Crippen molar-refractivity contribution in [1.82, 2.24) is 9.13 Å². The van der Waals surface area contributed by atoms with Crippen LogP contribution in [-0.4, -0.2) is 14.2 Å². The van der Waals surface area contributed by atoms with Crippen molar-refractivity contribution >= 4 is 34.1 Å². The van der Waals surface area contributed by atoms with E-state index in [0.29, 0.717) is 13.1 Å². The van der Waals surface area contributed by atoms with E-state index in [0.717, 1.165) is 22.3 Å². The van der Waals surface area contributed by atoms with Crippen LogP contribution in [0.1, 0.15) is 19.4 Å². The van der Waals surface area contributed by atoms with Crippen molar-refractivity contribution in [3.63, 3.8) is 0 Å². The number of rotatable bonds is 3. The Hall–Kier alpha value is -1.82. The molecule has 0 bridgehead atoms. The summed E-state index contributed by atoms with van der Waals surface area (Å²) < 4.78 is 3.53. The Balaban J connectivity index is 2.78. The van der Waals surface area contributed by atoms with Gasteiger partial charge < -0.3 is 11.1 Å². The summed E-state index contributed by atoms with van der Waals surface area (Å²) in [7, 11) is 0. The van der Waals surface area contributed by atoms with Crippen LogP contribution in [0, 0.1) is 6.92 Å². The second-order valence-electron chi connectivity index (χ2n) is 4.42. The number of nitrogens with zero attached hydrogens (tertiary/aromatic N) is 2. The van der Waals surface area contributed by atoms with Crippen LogP contribution in [0.5, 0.6) is 0 Å². The molecule has 0 aliphatic heterocycles. The summed E-state index contributed by atoms with van der Waals surface area (Å²) in [6.45, 7) is 7.19. The number of imidazole rings is 1. The smallest absolute Gasteiger partial charge is 0.329 e. The van der Waals surface area contributed by atoms with E-state index < -0.39 is 0 Å². The Morgan fingerprint density at radius 3 is 2.26 bits per heavy atom. The van der Waals surface area contributed by atoms with Gasteiger partial charge in [0.2, 0.25) is 0 Å². The highest BCUT2D eigenvalue weighted by Crippen LogP contribution is 2.23. The number of nitrogens with one attached hydrogen (secondary N) is 1. The number of hydrogen-bond donors (Lipinski definition) is 2. The van der Waals surface area contributed by atoms with Gasteiger partial charge in [0.1, 0.15) is 0 Å². The standard InChI is InChI=1S/C13H18N4OS/c1-4-16-10-6-8(3)9(15-12(14)19)7-11(10)17(5-2)13(16)18/h6-7H,4-5H2,1-3H3,(H3,14,15,19). The zero-order valence-electron chi connectivity index (χ0n) is 11.4. The van der Waals surface area contributed by atoms with Crippen LogP contribution in [0.25, 0.3) is 11.0 Å². The van der Waals surface area contributed by atoms with Gasteiger partial charge in [0.05, 0.1) is 11.0 Å². The highest BCUT2D eigenvalue weighted by Gasteiger charge is 2.13. The van der Waals surface area contributed by atoms with Gasteiger partial charge in [0.15, 0.2) is 5.11 Å². The normalized spacial score (nSPS) is 10.9. The maximum Gasteiger partial charge on any atom is 0.329 e. The highest BCUT2D eigenvalue weighted by molar-refractivity contribution is 7.80. The summed E-state index contributed by atoms with van der Waals surface area (Å²) in [5.74, 6) is 0. The molecule has 0 atom stereocenters. The van der Waals surface area contributed by atoms with Gasteiger partial charge in [-0.3, -0.25) is 9.13 Å². The lowest BCUT2D eigenvalue weighted by Gasteiger charge is -2.09. The van der Waals surface area contributed by atoms with Crippen LogP contribution < -0.4 is 16.7 Å². The van der Waals surface area contributed by atoms with Crippen LogP contribution in [0.2, 0.25) is 0 Å². The zero-order chi connectivity index (χ0) is 14.2. The number of aryl methyl sites for hydroxylation is 3. The fourth-order valence-electron chi connectivity index (χ4n) is 2.34. The molecule has 5 nitrogen and oxygen atoms in total. The second kappa shape index (κ2) is 5.05. The minimum atomic E-state index is 0.0203. The molecule has 1 heterocycles. The van der Waals surface area contributed by atoms with Gasteiger partial charge in [-0.25, -0.2) is 4.79 Å². The van der Waals surface area contributed by atoms with Gasteiger partial charge >= 0.3 is 5.69 Å². The van der Waals surface area contributed by atoms with E-state index in [1.54, 1.807) is 9.13 Å². The van der Waals surface area contributed by atoms with Crippen molar-refractivity contribution in [1.29, 1.82) is 0 Å². The molecule has 0 amide bonds. The van der Waals surface area contributed by atoms with E-state index in [-0.39, 0.29) is 10.8 Å². The predicted molar refractivity (Wildman–Crippen MR) is 82.7 cm³/mol. The molecule has 0 unspecified atom stereocenters. The maximum atomic E-state index is 12.3. The van der Waals surface area contributed by atoms with Gasteiger partial charge in [-0.2, -0.15) is 0 Å². The molecular formula is C13H18N4OS. The van der Waals surface area contributed by atoms with Crippen LogP contribution in [0.4, 0.5) is 5.69 Å². The summed E-state index contributed by atoms with van der Waals surface area (Å²) in [6, 6.07) is 3.92. The number of fused-ring (bicyclic) bond motifs is 1. The average Bonchev–Trinajstić information content (AvgIpc) is 2.60. The Morgan fingerprint density at radius 1 is 1.26 bits per heavy atom. The monoisotopic (exact) mass is 278 g/mol. The summed E-state index contributed by atoms with van der Waals surface area (Å²) in [6.07, 6.45) is 0. The molecule has 19 heavy (non-hydrogen) atoms. The minimum absolute atomic E-state index is 0.0203. The largest absolute Gasteiger partial charge is 0.376 e. The Kier molecular flexibility index (Phi) is 3.61. The maximum absolute atomic E-state index is 12.3. The van der Waals surface area contributed by atoms with Crippen LogP contribution in [0.15, 0.2) is 16.9 Å². The zero-order valence-corrected chi connectivity index (χ0v) is 12.2. The SMILES string of the molecule is CCn1c(=O)n(CC)c2cc(NC(N)=S)c(C)cc21. The van der Waals surface area contributed by atoms with Crippen molar-refractivity contribution < 1.29 is 0 Å². The van der Waals surface area contributed by atoms with Crippen molar-refractivity contribution in [2.24, 2.45) is 5.73 Å². The van der Waals surface area contributed by atoms with Gasteiger partial charge in [0, 0.05) is 18.8 Å². The summed E-state index contributed by atoms with van der Waals surface area (Å²) in [5, 5.41) is 3.17. The molecule has 6 heteroatoms. The fraction of sp³-hybridized carbons (Fsp3) is 0.385. The first kappa shape index (κ1) is 13.6. The summed E-state index contributed by atoms with van der Waals surface area (Å²) in [4.78, 5) is 12.3. The molecule has 0 radical (unpaired) electrons. The van der Waals surface area contributed by atoms with E-state index in [2.05, 4.69) is 5.32 Å². The van der Waals surface area contributed by atoms with Crippen LogP contribution in [0.3, 0.4) is 0 Å². The minimum Gasteiger partial charge on any atom is -0.376 e. The van der Waals surface area contributed by atoms with Crippen molar-refractivity contribution in [3.05, 3.63) is 28.2 Å². The summed E-state index contributed by atoms with van der Waals surface area (Å²) in [5.41, 5.74) is 9.24. The number of aromatic nitrogens is 2. The molecule has 1 aromatic carbocycles. The quantitative estimate of drug-likeness (QED) is 0.840. The molecule has 1 aromatic heterocycles. The first-order valence-electron chi connectivity index (χ1n) is 6.29. The van der Waals surface area contributed by atoms with E-state index in [4.69, 9.17) is 18.0 Å². The molecular weight excluding hydrogens is 260 g/mol. The molecule has 2 aromatic rings. The highest BCUT2D eigenvalue weighted by atomic mass is 32.1. The Labute approximate surface area is 117 Å². The van der Waals surface area contributed by atoms with Crippen molar-refractivity contribution in [2.45, 2.75) is 33.9 Å². The van der Waals surface area contributed by atoms with Gasteiger partial charge in [-0.15, -0.1) is 0 Å². The van der Waals surface area contributed by atoms with Gasteiger partial charge in [-0.05, 0) is 50.7 Å². The number of anilines is 1. The van der Waals surface area contributed by atoms with Gasteiger partial charge in [0.25, 0.3) is 0 Å². The first-order chi connectivity index (χ1) is 8.99. The summed E-state index contributed by atoms with van der Waals surface area (Å²) >= 11 is 4.87. The topological polar surface area (TPSA) is 65.0 Å². The third-order valence-corrected chi connectivity index (χ3v) is 3.36. The molecule has 102 valence electrons. The number of hydrogen-bond acceptors (Lipinski definition) is 2. The Bertz CT molecular complexity index is 699. The molecule has 0 aliphatic rings. The first-order valence-corrected chi connectivity index (χ1v) is 6.70. The molecule has 0 fully saturated rings. The molecule has 0 saturated heterocycles.